The van der Waals surface area contributed by atoms with Crippen molar-refractivity contribution < 1.29 is 4.79 Å². The van der Waals surface area contributed by atoms with E-state index in [4.69, 9.17) is 5.73 Å². The Hall–Kier alpha value is -2.01. The fourth-order valence-electron chi connectivity index (χ4n) is 2.03. The van der Waals surface area contributed by atoms with Gasteiger partial charge in [-0.2, -0.15) is 0 Å². The number of aromatic nitrogens is 1. The molecule has 0 saturated heterocycles. The molecule has 1 aliphatic heterocycles. The summed E-state index contributed by atoms with van der Waals surface area (Å²) in [7, 11) is 0. The number of nitrogens with zero attached hydrogens (tertiary/aromatic N) is 1. The highest BCUT2D eigenvalue weighted by molar-refractivity contribution is 8.01. The Kier molecular flexibility index (Phi) is 3.13. The van der Waals surface area contributed by atoms with Gasteiger partial charge in [0.1, 0.15) is 5.82 Å². The van der Waals surface area contributed by atoms with Gasteiger partial charge in [-0.25, -0.2) is 4.98 Å². The minimum absolute atomic E-state index is 0.00720. The number of nitrogens with two attached hydrogens (primary N) is 1. The van der Waals surface area contributed by atoms with Gasteiger partial charge in [-0.1, -0.05) is 18.2 Å². The first-order chi connectivity index (χ1) is 9.22. The second-order valence-electron chi connectivity index (χ2n) is 4.38. The SMILES string of the molecule is Nc1ccc(NC(=O)C2Cc3ccccc3S2)cn1. The van der Waals surface area contributed by atoms with Gasteiger partial charge >= 0.3 is 0 Å². The van der Waals surface area contributed by atoms with Crippen LogP contribution in [0.2, 0.25) is 0 Å². The minimum Gasteiger partial charge on any atom is -0.384 e. The molecular formula is C14H13N3OS. The third-order valence-corrected chi connectivity index (χ3v) is 4.31. The Bertz CT molecular complexity index is 587. The van der Waals surface area contributed by atoms with Crippen LogP contribution in [0.3, 0.4) is 0 Å². The Labute approximate surface area is 115 Å². The summed E-state index contributed by atoms with van der Waals surface area (Å²) >= 11 is 1.61. The van der Waals surface area contributed by atoms with E-state index in [1.54, 1.807) is 30.1 Å². The zero-order valence-corrected chi connectivity index (χ0v) is 11.0. The number of amides is 1. The van der Waals surface area contributed by atoms with Gasteiger partial charge < -0.3 is 11.1 Å². The van der Waals surface area contributed by atoms with Crippen LogP contribution in [0.1, 0.15) is 5.56 Å². The zero-order chi connectivity index (χ0) is 13.2. The minimum atomic E-state index is -0.0741. The lowest BCUT2D eigenvalue weighted by atomic mass is 10.1. The standard InChI is InChI=1S/C14H13N3OS/c15-13-6-5-10(8-16-13)17-14(18)12-7-9-3-1-2-4-11(9)19-12/h1-6,8,12H,7H2,(H2,15,16)(H,17,18). The fourth-order valence-corrected chi connectivity index (χ4v) is 3.23. The molecule has 3 rings (SSSR count). The lowest BCUT2D eigenvalue weighted by Gasteiger charge is -2.09. The number of carbonyl (C=O) groups excluding carboxylic acids is 1. The molecule has 2 heterocycles. The summed E-state index contributed by atoms with van der Waals surface area (Å²) in [5.74, 6) is 0.452. The molecule has 96 valence electrons. The summed E-state index contributed by atoms with van der Waals surface area (Å²) in [6.45, 7) is 0. The highest BCUT2D eigenvalue weighted by Crippen LogP contribution is 2.37. The Morgan fingerprint density at radius 2 is 2.16 bits per heavy atom. The summed E-state index contributed by atoms with van der Waals surface area (Å²) in [4.78, 5) is 17.3. The van der Waals surface area contributed by atoms with Crippen LogP contribution in [0.25, 0.3) is 0 Å². The number of rotatable bonds is 2. The average Bonchev–Trinajstić information content (AvgIpc) is 2.85. The predicted molar refractivity (Wildman–Crippen MR) is 77.1 cm³/mol. The van der Waals surface area contributed by atoms with Gasteiger partial charge in [-0.15, -0.1) is 11.8 Å². The lowest BCUT2D eigenvalue weighted by molar-refractivity contribution is -0.115. The Morgan fingerprint density at radius 3 is 2.89 bits per heavy atom. The van der Waals surface area contributed by atoms with Crippen molar-refractivity contribution in [3.63, 3.8) is 0 Å². The summed E-state index contributed by atoms with van der Waals surface area (Å²) in [5.41, 5.74) is 7.42. The summed E-state index contributed by atoms with van der Waals surface area (Å²) < 4.78 is 0. The molecule has 3 N–H and O–H groups in total. The molecular weight excluding hydrogens is 258 g/mol. The van der Waals surface area contributed by atoms with E-state index in [0.29, 0.717) is 11.5 Å². The molecule has 1 aromatic carbocycles. The quantitative estimate of drug-likeness (QED) is 0.879. The summed E-state index contributed by atoms with van der Waals surface area (Å²) in [6, 6.07) is 11.6. The Balaban J connectivity index is 1.68. The van der Waals surface area contributed by atoms with Crippen LogP contribution in [0.15, 0.2) is 47.5 Å². The fraction of sp³-hybridized carbons (Fsp3) is 0.143. The number of hydrogen-bond acceptors (Lipinski definition) is 4. The number of pyridine rings is 1. The number of anilines is 2. The molecule has 0 spiro atoms. The van der Waals surface area contributed by atoms with Crippen molar-refractivity contribution in [3.8, 4) is 0 Å². The van der Waals surface area contributed by atoms with Crippen LogP contribution in [0.5, 0.6) is 0 Å². The van der Waals surface area contributed by atoms with Gasteiger partial charge in [0.15, 0.2) is 0 Å². The van der Waals surface area contributed by atoms with Crippen LogP contribution in [-0.4, -0.2) is 16.1 Å². The van der Waals surface area contributed by atoms with E-state index in [9.17, 15) is 4.79 Å². The first-order valence-corrected chi connectivity index (χ1v) is 6.87. The molecule has 1 atom stereocenters. The molecule has 19 heavy (non-hydrogen) atoms. The van der Waals surface area contributed by atoms with Crippen molar-refractivity contribution in [2.45, 2.75) is 16.6 Å². The lowest BCUT2D eigenvalue weighted by Crippen LogP contribution is -2.24. The number of fused-ring (bicyclic) bond motifs is 1. The van der Waals surface area contributed by atoms with Crippen molar-refractivity contribution in [2.24, 2.45) is 0 Å². The van der Waals surface area contributed by atoms with Crippen LogP contribution in [0, 0.1) is 0 Å². The molecule has 4 nitrogen and oxygen atoms in total. The van der Waals surface area contributed by atoms with E-state index in [1.807, 2.05) is 12.1 Å². The van der Waals surface area contributed by atoms with Crippen molar-refractivity contribution in [2.75, 3.05) is 11.1 Å². The van der Waals surface area contributed by atoms with Gasteiger partial charge in [0.2, 0.25) is 5.91 Å². The van der Waals surface area contributed by atoms with Gasteiger partial charge in [0.25, 0.3) is 0 Å². The maximum Gasteiger partial charge on any atom is 0.238 e. The molecule has 1 aromatic heterocycles. The molecule has 0 fully saturated rings. The van der Waals surface area contributed by atoms with E-state index in [1.165, 1.54) is 10.5 Å². The van der Waals surface area contributed by atoms with Crippen LogP contribution < -0.4 is 11.1 Å². The summed E-state index contributed by atoms with van der Waals surface area (Å²) in [6.07, 6.45) is 2.34. The van der Waals surface area contributed by atoms with Gasteiger partial charge in [-0.3, -0.25) is 4.79 Å². The zero-order valence-electron chi connectivity index (χ0n) is 10.2. The smallest absolute Gasteiger partial charge is 0.238 e. The molecule has 1 aliphatic rings. The normalized spacial score (nSPS) is 16.9. The number of nitrogen functional groups attached to an aromatic ring is 1. The van der Waals surface area contributed by atoms with Crippen LogP contribution in [-0.2, 0) is 11.2 Å². The molecule has 0 radical (unpaired) electrons. The van der Waals surface area contributed by atoms with E-state index < -0.39 is 0 Å². The van der Waals surface area contributed by atoms with Crippen molar-refractivity contribution >= 4 is 29.2 Å². The van der Waals surface area contributed by atoms with Gasteiger partial charge in [0.05, 0.1) is 17.1 Å². The topological polar surface area (TPSA) is 68.0 Å². The second-order valence-corrected chi connectivity index (χ2v) is 5.62. The molecule has 2 aromatic rings. The van der Waals surface area contributed by atoms with E-state index in [0.717, 1.165) is 6.42 Å². The third kappa shape index (κ3) is 2.56. The van der Waals surface area contributed by atoms with E-state index >= 15 is 0 Å². The third-order valence-electron chi connectivity index (χ3n) is 2.99. The highest BCUT2D eigenvalue weighted by atomic mass is 32.2. The molecule has 0 saturated carbocycles. The van der Waals surface area contributed by atoms with Crippen LogP contribution >= 0.6 is 11.8 Å². The monoisotopic (exact) mass is 271 g/mol. The van der Waals surface area contributed by atoms with E-state index in [2.05, 4.69) is 22.4 Å². The van der Waals surface area contributed by atoms with Crippen LogP contribution in [0.4, 0.5) is 11.5 Å². The number of thioether (sulfide) groups is 1. The first-order valence-electron chi connectivity index (χ1n) is 5.99. The largest absolute Gasteiger partial charge is 0.384 e. The van der Waals surface area contributed by atoms with Crippen molar-refractivity contribution in [3.05, 3.63) is 48.2 Å². The van der Waals surface area contributed by atoms with Gasteiger partial charge in [-0.05, 0) is 30.2 Å². The molecule has 0 bridgehead atoms. The average molecular weight is 271 g/mol. The number of carbonyl (C=O) groups is 1. The highest BCUT2D eigenvalue weighted by Gasteiger charge is 2.27. The number of nitrogens with one attached hydrogen (secondary N) is 1. The second kappa shape index (κ2) is 4.93. The predicted octanol–water partition coefficient (Wildman–Crippen LogP) is 2.32. The van der Waals surface area contributed by atoms with Crippen molar-refractivity contribution in [1.29, 1.82) is 0 Å². The van der Waals surface area contributed by atoms with E-state index in [-0.39, 0.29) is 11.2 Å². The first kappa shape index (κ1) is 12.0. The molecule has 0 aliphatic carbocycles. The van der Waals surface area contributed by atoms with Crippen molar-refractivity contribution in [1.82, 2.24) is 4.98 Å². The number of hydrogen-bond donors (Lipinski definition) is 2. The maximum atomic E-state index is 12.2. The summed E-state index contributed by atoms with van der Waals surface area (Å²) in [5, 5.41) is 2.79. The van der Waals surface area contributed by atoms with Gasteiger partial charge in [0, 0.05) is 4.90 Å². The number of benzene rings is 1. The molecule has 1 unspecified atom stereocenters. The maximum absolute atomic E-state index is 12.2. The molecule has 5 heteroatoms. The Morgan fingerprint density at radius 1 is 1.32 bits per heavy atom. The molecule has 1 amide bonds.